The number of likely N-dealkylation sites (tertiary alicyclic amines) is 1. The number of fused-ring (bicyclic) bond motifs is 2. The molecule has 5 nitrogen and oxygen atoms in total. The second-order valence-corrected chi connectivity index (χ2v) is 8.62. The molecule has 32 heavy (non-hydrogen) atoms. The maximum absolute atomic E-state index is 13.7. The molecular weight excluding hydrogens is 400 g/mol. The molecule has 0 saturated carbocycles. The van der Waals surface area contributed by atoms with Crippen molar-refractivity contribution in [3.63, 3.8) is 0 Å². The van der Waals surface area contributed by atoms with E-state index < -0.39 is 11.6 Å². The number of benzene rings is 3. The van der Waals surface area contributed by atoms with Gasteiger partial charge >= 0.3 is 0 Å². The Morgan fingerprint density at radius 2 is 1.78 bits per heavy atom. The predicted molar refractivity (Wildman–Crippen MR) is 123 cm³/mol. The third-order valence-electron chi connectivity index (χ3n) is 6.71. The van der Waals surface area contributed by atoms with E-state index in [0.717, 1.165) is 21.9 Å². The Bertz CT molecular complexity index is 1330. The molecule has 3 heterocycles. The number of nitrogens with zero attached hydrogens (tertiary/aromatic N) is 1. The molecule has 1 saturated heterocycles. The first-order valence-corrected chi connectivity index (χ1v) is 10.8. The van der Waals surface area contributed by atoms with Gasteiger partial charge in [0, 0.05) is 12.2 Å². The molecule has 1 fully saturated rings. The molecular formula is C27H22N2O3. The Morgan fingerprint density at radius 1 is 1.03 bits per heavy atom. The molecule has 5 heteroatoms. The summed E-state index contributed by atoms with van der Waals surface area (Å²) in [6.45, 7) is 2.27. The number of rotatable bonds is 4. The average molecular weight is 422 g/mol. The van der Waals surface area contributed by atoms with Gasteiger partial charge < -0.3 is 15.0 Å². The summed E-state index contributed by atoms with van der Waals surface area (Å²) in [5, 5.41) is 5.20. The lowest BCUT2D eigenvalue weighted by Gasteiger charge is -2.31. The van der Waals surface area contributed by atoms with E-state index in [1.165, 1.54) is 0 Å². The van der Waals surface area contributed by atoms with Crippen molar-refractivity contribution < 1.29 is 14.3 Å². The monoisotopic (exact) mass is 422 g/mol. The number of anilines is 1. The quantitative estimate of drug-likeness (QED) is 0.641. The van der Waals surface area contributed by atoms with E-state index in [9.17, 15) is 9.59 Å². The van der Waals surface area contributed by atoms with Crippen LogP contribution < -0.4 is 5.32 Å². The van der Waals surface area contributed by atoms with Gasteiger partial charge in [-0.15, -0.1) is 0 Å². The third-order valence-corrected chi connectivity index (χ3v) is 6.71. The molecule has 1 spiro atoms. The molecule has 3 aromatic rings. The zero-order chi connectivity index (χ0) is 21.9. The summed E-state index contributed by atoms with van der Waals surface area (Å²) in [5.74, 6) is -0.378. The standard InChI is InChI=1S/C27H22N2O3/c1-17-22-13-14-27(32-22)23(17)26(31)29(16-18-7-3-2-4-8-18)24(27)25(30)28-21-12-11-19-9-5-6-10-20(19)15-21/h2-15,22,24H,16H2,1H3,(H,28,30)/t22-,24+,27+/m1/s1. The van der Waals surface area contributed by atoms with Crippen LogP contribution in [0.5, 0.6) is 0 Å². The highest BCUT2D eigenvalue weighted by atomic mass is 16.5. The summed E-state index contributed by atoms with van der Waals surface area (Å²) in [6, 6.07) is 22.8. The smallest absolute Gasteiger partial charge is 0.254 e. The minimum absolute atomic E-state index is 0.128. The molecule has 0 aromatic heterocycles. The molecule has 3 aromatic carbocycles. The number of nitrogens with one attached hydrogen (secondary N) is 1. The molecule has 3 atom stereocenters. The molecule has 0 unspecified atom stereocenters. The van der Waals surface area contributed by atoms with E-state index in [0.29, 0.717) is 17.8 Å². The Kier molecular flexibility index (Phi) is 4.10. The van der Waals surface area contributed by atoms with Crippen LogP contribution in [0.4, 0.5) is 5.69 Å². The SMILES string of the molecule is CC1=C2C(=O)N(Cc3ccccc3)[C@@H](C(=O)Nc3ccc4ccccc4c3)[C@]23C=C[C@H]1O3. The van der Waals surface area contributed by atoms with Crippen LogP contribution in [0, 0.1) is 0 Å². The third kappa shape index (κ3) is 2.68. The van der Waals surface area contributed by atoms with Crippen molar-refractivity contribution in [2.45, 2.75) is 31.2 Å². The van der Waals surface area contributed by atoms with Crippen molar-refractivity contribution in [1.82, 2.24) is 4.90 Å². The first-order chi connectivity index (χ1) is 15.6. The lowest BCUT2D eigenvalue weighted by molar-refractivity contribution is -0.135. The van der Waals surface area contributed by atoms with Crippen molar-refractivity contribution >= 4 is 28.3 Å². The molecule has 1 N–H and O–H groups in total. The fraction of sp³-hybridized carbons (Fsp3) is 0.185. The maximum Gasteiger partial charge on any atom is 0.254 e. The molecule has 0 aliphatic carbocycles. The summed E-state index contributed by atoms with van der Waals surface area (Å²) >= 11 is 0. The molecule has 6 rings (SSSR count). The molecule has 2 bridgehead atoms. The van der Waals surface area contributed by atoms with Crippen molar-refractivity contribution in [3.8, 4) is 0 Å². The number of amides is 2. The fourth-order valence-electron chi connectivity index (χ4n) is 5.22. The molecule has 0 radical (unpaired) electrons. The van der Waals surface area contributed by atoms with Crippen molar-refractivity contribution in [3.05, 3.63) is 102 Å². The number of ether oxygens (including phenoxy) is 1. The van der Waals surface area contributed by atoms with Crippen LogP contribution in [0.15, 0.2) is 96.1 Å². The van der Waals surface area contributed by atoms with Gasteiger partial charge in [0.15, 0.2) is 0 Å². The molecule has 2 amide bonds. The summed E-state index contributed by atoms with van der Waals surface area (Å²) < 4.78 is 6.27. The van der Waals surface area contributed by atoms with Crippen LogP contribution in [0.25, 0.3) is 10.8 Å². The zero-order valence-electron chi connectivity index (χ0n) is 17.6. The summed E-state index contributed by atoms with van der Waals surface area (Å²) in [5.41, 5.74) is 2.15. The van der Waals surface area contributed by atoms with Crippen LogP contribution in [0.3, 0.4) is 0 Å². The number of hydrogen-bond acceptors (Lipinski definition) is 3. The van der Waals surface area contributed by atoms with E-state index in [1.807, 2.05) is 91.9 Å². The van der Waals surface area contributed by atoms with Gasteiger partial charge in [-0.3, -0.25) is 9.59 Å². The van der Waals surface area contributed by atoms with Gasteiger partial charge in [0.05, 0.1) is 11.7 Å². The highest BCUT2D eigenvalue weighted by Gasteiger charge is 2.65. The van der Waals surface area contributed by atoms with E-state index >= 15 is 0 Å². The minimum Gasteiger partial charge on any atom is -0.352 e. The summed E-state index contributed by atoms with van der Waals surface area (Å²) in [6.07, 6.45) is 3.62. The van der Waals surface area contributed by atoms with Crippen LogP contribution in [0.1, 0.15) is 12.5 Å². The fourth-order valence-corrected chi connectivity index (χ4v) is 5.22. The maximum atomic E-state index is 13.7. The first-order valence-electron chi connectivity index (χ1n) is 10.8. The Balaban J connectivity index is 1.38. The second-order valence-electron chi connectivity index (χ2n) is 8.62. The van der Waals surface area contributed by atoms with Crippen molar-refractivity contribution in [1.29, 1.82) is 0 Å². The number of carbonyl (C=O) groups excluding carboxylic acids is 2. The largest absolute Gasteiger partial charge is 0.352 e. The van der Waals surface area contributed by atoms with Gasteiger partial charge in [0.1, 0.15) is 11.6 Å². The first kappa shape index (κ1) is 19.0. The van der Waals surface area contributed by atoms with Crippen molar-refractivity contribution in [2.75, 3.05) is 5.32 Å². The summed E-state index contributed by atoms with van der Waals surface area (Å²) in [4.78, 5) is 28.8. The van der Waals surface area contributed by atoms with Gasteiger partial charge in [-0.25, -0.2) is 0 Å². The number of carbonyl (C=O) groups is 2. The lowest BCUT2D eigenvalue weighted by atomic mass is 9.85. The van der Waals surface area contributed by atoms with Gasteiger partial charge in [-0.05, 0) is 47.0 Å². The topological polar surface area (TPSA) is 58.6 Å². The Labute approximate surface area is 186 Å². The summed E-state index contributed by atoms with van der Waals surface area (Å²) in [7, 11) is 0. The van der Waals surface area contributed by atoms with Gasteiger partial charge in [-0.1, -0.05) is 66.7 Å². The van der Waals surface area contributed by atoms with Crippen LogP contribution >= 0.6 is 0 Å². The van der Waals surface area contributed by atoms with Crippen molar-refractivity contribution in [2.24, 2.45) is 0 Å². The van der Waals surface area contributed by atoms with Crippen LogP contribution in [-0.4, -0.2) is 34.5 Å². The van der Waals surface area contributed by atoms with Gasteiger partial charge in [-0.2, -0.15) is 0 Å². The van der Waals surface area contributed by atoms with Crippen LogP contribution in [0.2, 0.25) is 0 Å². The van der Waals surface area contributed by atoms with E-state index in [4.69, 9.17) is 4.74 Å². The van der Waals surface area contributed by atoms with Gasteiger partial charge in [0.25, 0.3) is 11.8 Å². The minimum atomic E-state index is -1.03. The second kappa shape index (κ2) is 6.90. The predicted octanol–water partition coefficient (Wildman–Crippen LogP) is 4.21. The zero-order valence-corrected chi connectivity index (χ0v) is 17.6. The average Bonchev–Trinajstić information content (AvgIpc) is 3.43. The van der Waals surface area contributed by atoms with E-state index in [2.05, 4.69) is 5.32 Å². The lowest BCUT2D eigenvalue weighted by Crippen LogP contribution is -2.51. The Morgan fingerprint density at radius 3 is 2.59 bits per heavy atom. The Hall–Kier alpha value is -3.70. The number of hydrogen-bond donors (Lipinski definition) is 1. The van der Waals surface area contributed by atoms with Crippen LogP contribution in [-0.2, 0) is 20.9 Å². The highest BCUT2D eigenvalue weighted by molar-refractivity contribution is 6.10. The van der Waals surface area contributed by atoms with Gasteiger partial charge in [0.2, 0.25) is 0 Å². The highest BCUT2D eigenvalue weighted by Crippen LogP contribution is 2.51. The molecule has 3 aliphatic rings. The van der Waals surface area contributed by atoms with E-state index in [1.54, 1.807) is 4.90 Å². The molecule has 3 aliphatic heterocycles. The molecule has 158 valence electrons. The van der Waals surface area contributed by atoms with E-state index in [-0.39, 0.29) is 17.9 Å². The normalized spacial score (nSPS) is 25.7.